The Kier molecular flexibility index (Phi) is 53.2. The molecule has 0 aromatic heterocycles. The Morgan fingerprint density at radius 1 is 0.381 bits per heavy atom. The SMILES string of the molecule is CC/C=C\C/C=C\C/C=C\C/C=C\C/C=C\CCCCCCCC(=O)NC(COC1OC(CO)C(OC2OC(CO)C(OC3OC(CO)C(O)C(O)C3O)C(O)C2O)C(O)C1O)C(O)/C=C/CC/C=C/CCCCCCCCCCCCCCCCCCCCCCCCCCC. The second-order valence-electron chi connectivity index (χ2n) is 27.1. The minimum atomic E-state index is -1.99. The first-order valence-electron chi connectivity index (χ1n) is 38.3. The van der Waals surface area contributed by atoms with Crippen LogP contribution in [0.25, 0.3) is 0 Å². The highest BCUT2D eigenvalue weighted by atomic mass is 16.8. The van der Waals surface area contributed by atoms with Gasteiger partial charge < -0.3 is 89.9 Å². The molecule has 19 nitrogen and oxygen atoms in total. The lowest BCUT2D eigenvalue weighted by atomic mass is 9.96. The maximum atomic E-state index is 13.4. The number of amides is 1. The molecule has 3 aliphatic heterocycles. The van der Waals surface area contributed by atoms with Gasteiger partial charge in [0.1, 0.15) is 73.2 Å². The van der Waals surface area contributed by atoms with E-state index in [-0.39, 0.29) is 18.9 Å². The third-order valence-corrected chi connectivity index (χ3v) is 18.7. The summed E-state index contributed by atoms with van der Waals surface area (Å²) in [5.74, 6) is -0.305. The van der Waals surface area contributed by atoms with Crippen LogP contribution >= 0.6 is 0 Å². The van der Waals surface area contributed by atoms with Gasteiger partial charge in [-0.1, -0.05) is 272 Å². The Morgan fingerprint density at radius 3 is 1.15 bits per heavy atom. The summed E-state index contributed by atoms with van der Waals surface area (Å²) in [5.41, 5.74) is 0. The Bertz CT molecular complexity index is 2080. The molecule has 19 heteroatoms. The molecule has 0 aliphatic carbocycles. The molecule has 0 saturated carbocycles. The number of carbonyl (C=O) groups excluding carboxylic acids is 1. The molecule has 1 amide bonds. The average molecular weight is 1380 g/mol. The van der Waals surface area contributed by atoms with E-state index < -0.39 is 124 Å². The molecule has 0 radical (unpaired) electrons. The third kappa shape index (κ3) is 39.3. The standard InChI is InChI=1S/C78H137NO18/c1-3-5-7-9-11-13-15-17-19-21-23-25-26-27-28-29-30-31-32-33-34-36-37-39-41-43-45-47-49-51-53-55-62(83)61(79-66(84)56-54-52-50-48-46-44-42-40-38-35-24-22-20-18-16-14-12-10-8-6-4-2)60-92-76-72(90)69(87)74(64(58-81)94-76)97-78-73(91)70(88)75(65(59-82)95-78)96-77-71(89)68(86)67(85)63(57-80)93-77/h6,8,12,14,18,20,24,35,40,42,45,47,53,55,61-65,67-78,80-83,85-91H,3-5,7,9-11,13,15-17,19,21-23,25-34,36-39,41,43-44,46,48-52,54,56-60H2,1-2H3,(H,79,84)/b8-6-,14-12-,20-18-,35-24-,42-40-,47-45+,55-53+. The Hall–Kier alpha value is -3.03. The van der Waals surface area contributed by atoms with Crippen molar-refractivity contribution in [1.29, 1.82) is 0 Å². The summed E-state index contributed by atoms with van der Waals surface area (Å²) >= 11 is 0. The van der Waals surface area contributed by atoms with Gasteiger partial charge in [-0.05, 0) is 77.0 Å². The van der Waals surface area contributed by atoms with E-state index in [9.17, 15) is 61.0 Å². The van der Waals surface area contributed by atoms with Crippen LogP contribution in [0.15, 0.2) is 85.1 Å². The molecule has 3 heterocycles. The number of nitrogens with one attached hydrogen (secondary N) is 1. The van der Waals surface area contributed by atoms with E-state index >= 15 is 0 Å². The zero-order chi connectivity index (χ0) is 70.4. The van der Waals surface area contributed by atoms with E-state index in [4.69, 9.17) is 28.4 Å². The lowest BCUT2D eigenvalue weighted by Gasteiger charge is -2.48. The first kappa shape index (κ1) is 88.2. The quantitative estimate of drug-likeness (QED) is 0.0199. The summed E-state index contributed by atoms with van der Waals surface area (Å²) in [6, 6.07) is -1.01. The number of carbonyl (C=O) groups is 1. The van der Waals surface area contributed by atoms with E-state index in [1.807, 2.05) is 6.08 Å². The molecule has 0 aromatic rings. The number of aliphatic hydroxyl groups is 11. The van der Waals surface area contributed by atoms with Gasteiger partial charge in [-0.15, -0.1) is 0 Å². The number of ether oxygens (including phenoxy) is 6. The summed E-state index contributed by atoms with van der Waals surface area (Å²) in [4.78, 5) is 13.4. The van der Waals surface area contributed by atoms with Crippen molar-refractivity contribution in [2.75, 3.05) is 26.4 Å². The predicted molar refractivity (Wildman–Crippen MR) is 383 cm³/mol. The molecule has 3 saturated heterocycles. The summed E-state index contributed by atoms with van der Waals surface area (Å²) in [6.07, 6.45) is 50.0. The van der Waals surface area contributed by atoms with Crippen LogP contribution in [0.3, 0.4) is 0 Å². The molecule has 17 unspecified atom stereocenters. The zero-order valence-corrected chi connectivity index (χ0v) is 59.8. The lowest BCUT2D eigenvalue weighted by molar-refractivity contribution is -0.379. The fraction of sp³-hybridized carbons (Fsp3) is 0.808. The number of allylic oxidation sites excluding steroid dienone is 13. The minimum absolute atomic E-state index is 0.209. The minimum Gasteiger partial charge on any atom is -0.394 e. The fourth-order valence-corrected chi connectivity index (χ4v) is 12.5. The van der Waals surface area contributed by atoms with Crippen molar-refractivity contribution in [2.24, 2.45) is 0 Å². The number of hydrogen-bond acceptors (Lipinski definition) is 18. The first-order valence-corrected chi connectivity index (χ1v) is 38.3. The average Bonchev–Trinajstić information content (AvgIpc) is 0.789. The van der Waals surface area contributed by atoms with Gasteiger partial charge in [-0.25, -0.2) is 0 Å². The van der Waals surface area contributed by atoms with Gasteiger partial charge in [-0.3, -0.25) is 4.79 Å². The van der Waals surface area contributed by atoms with Gasteiger partial charge in [0.15, 0.2) is 18.9 Å². The molecule has 0 aromatic carbocycles. The number of rotatable bonds is 59. The fourth-order valence-electron chi connectivity index (χ4n) is 12.5. The molecule has 3 aliphatic rings. The molecule has 3 fully saturated rings. The normalized spacial score (nSPS) is 27.4. The molecule has 12 N–H and O–H groups in total. The highest BCUT2D eigenvalue weighted by molar-refractivity contribution is 5.76. The predicted octanol–water partition coefficient (Wildman–Crippen LogP) is 11.8. The van der Waals surface area contributed by atoms with Gasteiger partial charge in [0, 0.05) is 6.42 Å². The van der Waals surface area contributed by atoms with E-state index in [2.05, 4.69) is 92.1 Å². The van der Waals surface area contributed by atoms with Crippen molar-refractivity contribution in [3.63, 3.8) is 0 Å². The number of hydrogen-bond donors (Lipinski definition) is 12. The van der Waals surface area contributed by atoms with Crippen molar-refractivity contribution in [2.45, 2.75) is 375 Å². The molecular formula is C78H137NO18. The molecule has 0 spiro atoms. The number of aliphatic hydroxyl groups excluding tert-OH is 11. The molecular weight excluding hydrogens is 1240 g/mol. The van der Waals surface area contributed by atoms with Gasteiger partial charge in [0.05, 0.1) is 38.6 Å². The Labute approximate surface area is 584 Å². The van der Waals surface area contributed by atoms with Crippen LogP contribution in [0.1, 0.15) is 271 Å². The van der Waals surface area contributed by atoms with Gasteiger partial charge in [-0.2, -0.15) is 0 Å². The largest absolute Gasteiger partial charge is 0.394 e. The topological polar surface area (TPSA) is 307 Å². The van der Waals surface area contributed by atoms with Crippen LogP contribution in [-0.2, 0) is 33.2 Å². The maximum absolute atomic E-state index is 13.4. The van der Waals surface area contributed by atoms with Crippen molar-refractivity contribution in [1.82, 2.24) is 5.32 Å². The summed E-state index contributed by atoms with van der Waals surface area (Å²) < 4.78 is 34.4. The van der Waals surface area contributed by atoms with Crippen LogP contribution in [0.4, 0.5) is 0 Å². The molecule has 0 bridgehead atoms. The van der Waals surface area contributed by atoms with Crippen molar-refractivity contribution < 1.29 is 89.4 Å². The monoisotopic (exact) mass is 1380 g/mol. The third-order valence-electron chi connectivity index (χ3n) is 18.7. The summed E-state index contributed by atoms with van der Waals surface area (Å²) in [6.45, 7) is 1.60. The summed E-state index contributed by atoms with van der Waals surface area (Å²) in [5, 5.41) is 121. The van der Waals surface area contributed by atoms with Crippen molar-refractivity contribution in [3.05, 3.63) is 85.1 Å². The van der Waals surface area contributed by atoms with E-state index in [0.717, 1.165) is 83.5 Å². The van der Waals surface area contributed by atoms with Gasteiger partial charge in [0.25, 0.3) is 0 Å². The van der Waals surface area contributed by atoms with Gasteiger partial charge in [0.2, 0.25) is 5.91 Å². The lowest BCUT2D eigenvalue weighted by Crippen LogP contribution is -2.66. The molecule has 562 valence electrons. The van der Waals surface area contributed by atoms with E-state index in [1.165, 1.54) is 154 Å². The van der Waals surface area contributed by atoms with Crippen LogP contribution in [0.5, 0.6) is 0 Å². The van der Waals surface area contributed by atoms with Crippen LogP contribution < -0.4 is 5.32 Å². The van der Waals surface area contributed by atoms with Gasteiger partial charge >= 0.3 is 0 Å². The maximum Gasteiger partial charge on any atom is 0.220 e. The highest BCUT2D eigenvalue weighted by Crippen LogP contribution is 2.33. The smallest absolute Gasteiger partial charge is 0.220 e. The first-order chi connectivity index (χ1) is 47.3. The van der Waals surface area contributed by atoms with Crippen LogP contribution in [0.2, 0.25) is 0 Å². The van der Waals surface area contributed by atoms with E-state index in [1.54, 1.807) is 6.08 Å². The second kappa shape index (κ2) is 58.5. The van der Waals surface area contributed by atoms with Crippen LogP contribution in [0, 0.1) is 0 Å². The molecule has 97 heavy (non-hydrogen) atoms. The number of unbranched alkanes of at least 4 members (excludes halogenated alkanes) is 31. The Balaban J connectivity index is 1.41. The Morgan fingerprint density at radius 2 is 0.722 bits per heavy atom. The molecule has 3 rings (SSSR count). The van der Waals surface area contributed by atoms with E-state index in [0.29, 0.717) is 12.8 Å². The second-order valence-corrected chi connectivity index (χ2v) is 27.1. The van der Waals surface area contributed by atoms with Crippen molar-refractivity contribution in [3.8, 4) is 0 Å². The summed E-state index contributed by atoms with van der Waals surface area (Å²) in [7, 11) is 0. The zero-order valence-electron chi connectivity index (χ0n) is 59.8. The van der Waals surface area contributed by atoms with Crippen molar-refractivity contribution >= 4 is 5.91 Å². The highest BCUT2D eigenvalue weighted by Gasteiger charge is 2.53. The van der Waals surface area contributed by atoms with Crippen LogP contribution in [-0.4, -0.2) is 193 Å². The molecule has 17 atom stereocenters.